The Balaban J connectivity index is 0.00000341. The Hall–Kier alpha value is -2.95. The second-order valence-electron chi connectivity index (χ2n) is 7.28. The summed E-state index contributed by atoms with van der Waals surface area (Å²) in [6.45, 7) is 0.791. The number of hydrogen-bond acceptors (Lipinski definition) is 4. The summed E-state index contributed by atoms with van der Waals surface area (Å²) in [4.78, 5) is 2.19. The van der Waals surface area contributed by atoms with Crippen LogP contribution >= 0.6 is 12.4 Å². The molecule has 0 heterocycles. The van der Waals surface area contributed by atoms with Crippen molar-refractivity contribution in [3.05, 3.63) is 89.5 Å². The molecule has 0 aliphatic carbocycles. The monoisotopic (exact) mass is 439 g/mol. The molecule has 4 nitrogen and oxygen atoms in total. The fraction of sp³-hybridized carbons (Fsp3) is 0.231. The summed E-state index contributed by atoms with van der Waals surface area (Å²) in [5, 5.41) is 0. The normalized spacial score (nSPS) is 10.3. The zero-order valence-corrected chi connectivity index (χ0v) is 19.5. The van der Waals surface area contributed by atoms with Crippen molar-refractivity contribution in [2.24, 2.45) is 0 Å². The molecular weight excluding hydrogens is 410 g/mol. The van der Waals surface area contributed by atoms with Gasteiger partial charge in [-0.15, -0.1) is 12.4 Å². The van der Waals surface area contributed by atoms with Gasteiger partial charge in [0.15, 0.2) is 0 Å². The summed E-state index contributed by atoms with van der Waals surface area (Å²) in [5.41, 5.74) is 5.84. The van der Waals surface area contributed by atoms with Crippen LogP contribution in [0.3, 0.4) is 0 Å². The van der Waals surface area contributed by atoms with Crippen molar-refractivity contribution in [3.8, 4) is 17.2 Å². The molecule has 0 aliphatic rings. The van der Waals surface area contributed by atoms with Crippen LogP contribution in [0.15, 0.2) is 72.8 Å². The molecule has 0 aliphatic heterocycles. The number of hydrogen-bond donors (Lipinski definition) is 0. The Morgan fingerprint density at radius 1 is 0.581 bits per heavy atom. The first kappa shape index (κ1) is 24.3. The molecule has 0 aromatic heterocycles. The van der Waals surface area contributed by atoms with Gasteiger partial charge in [-0.1, -0.05) is 36.4 Å². The Morgan fingerprint density at radius 2 is 0.903 bits per heavy atom. The number of benzene rings is 3. The van der Waals surface area contributed by atoms with E-state index in [2.05, 4.69) is 55.4 Å². The van der Waals surface area contributed by atoms with Crippen LogP contribution in [-0.4, -0.2) is 46.9 Å². The second-order valence-corrected chi connectivity index (χ2v) is 7.28. The fourth-order valence-corrected chi connectivity index (χ4v) is 3.45. The number of halogens is 1. The molecule has 3 rings (SSSR count). The van der Waals surface area contributed by atoms with Crippen molar-refractivity contribution in [2.75, 3.05) is 42.0 Å². The molecule has 0 fully saturated rings. The Morgan fingerprint density at radius 3 is 1.19 bits per heavy atom. The van der Waals surface area contributed by atoms with Crippen molar-refractivity contribution in [1.82, 2.24) is 4.90 Å². The molecule has 3 aromatic rings. The van der Waals surface area contributed by atoms with Crippen molar-refractivity contribution in [3.63, 3.8) is 0 Å². The van der Waals surface area contributed by atoms with Gasteiger partial charge in [-0.2, -0.15) is 0 Å². The van der Waals surface area contributed by atoms with E-state index in [4.69, 9.17) is 14.2 Å². The Kier molecular flexibility index (Phi) is 8.98. The summed E-state index contributed by atoms with van der Waals surface area (Å²) in [6, 6.07) is 24.7. The van der Waals surface area contributed by atoms with Crippen molar-refractivity contribution >= 4 is 23.6 Å². The minimum absolute atomic E-state index is 0. The third kappa shape index (κ3) is 6.03. The highest BCUT2D eigenvalue weighted by Crippen LogP contribution is 2.35. The Bertz CT molecular complexity index is 929. The van der Waals surface area contributed by atoms with Crippen LogP contribution in [0.2, 0.25) is 0 Å². The minimum Gasteiger partial charge on any atom is -0.497 e. The molecule has 0 N–H and O–H groups in total. The molecule has 0 saturated carbocycles. The first-order chi connectivity index (χ1) is 14.5. The standard InChI is InChI=1S/C26H29NO3.ClH/c1-27(2)18-25(19-6-12-22(28-3)13-7-19)26(20-8-14-23(29-4)15-9-20)21-10-16-24(30-5)17-11-21;/h6-17H,18H2,1-5H3;1H. The van der Waals surface area contributed by atoms with Crippen LogP contribution in [-0.2, 0) is 0 Å². The van der Waals surface area contributed by atoms with E-state index in [1.165, 1.54) is 11.1 Å². The molecule has 5 heteroatoms. The second kappa shape index (κ2) is 11.4. The molecule has 164 valence electrons. The number of rotatable bonds is 8. The van der Waals surface area contributed by atoms with Gasteiger partial charge in [0.05, 0.1) is 21.3 Å². The van der Waals surface area contributed by atoms with Gasteiger partial charge >= 0.3 is 0 Å². The molecule has 0 amide bonds. The van der Waals surface area contributed by atoms with Crippen LogP contribution in [0.25, 0.3) is 11.1 Å². The summed E-state index contributed by atoms with van der Waals surface area (Å²) in [6.07, 6.45) is 0. The summed E-state index contributed by atoms with van der Waals surface area (Å²) >= 11 is 0. The lowest BCUT2D eigenvalue weighted by atomic mass is 9.89. The lowest BCUT2D eigenvalue weighted by Crippen LogP contribution is -2.16. The van der Waals surface area contributed by atoms with Gasteiger partial charge < -0.3 is 19.1 Å². The number of likely N-dealkylation sites (N-methyl/N-ethyl adjacent to an activating group) is 1. The predicted octanol–water partition coefficient (Wildman–Crippen LogP) is 5.65. The average Bonchev–Trinajstić information content (AvgIpc) is 2.79. The number of ether oxygens (including phenoxy) is 3. The van der Waals surface area contributed by atoms with E-state index < -0.39 is 0 Å². The van der Waals surface area contributed by atoms with Crippen LogP contribution in [0.4, 0.5) is 0 Å². The molecule has 0 bridgehead atoms. The fourth-order valence-electron chi connectivity index (χ4n) is 3.45. The maximum Gasteiger partial charge on any atom is 0.118 e. The summed E-state index contributed by atoms with van der Waals surface area (Å²) in [7, 11) is 9.23. The van der Waals surface area contributed by atoms with Gasteiger partial charge in [-0.3, -0.25) is 0 Å². The van der Waals surface area contributed by atoms with Crippen LogP contribution < -0.4 is 14.2 Å². The van der Waals surface area contributed by atoms with Crippen LogP contribution in [0.1, 0.15) is 16.7 Å². The van der Waals surface area contributed by atoms with E-state index in [1.807, 2.05) is 36.4 Å². The molecule has 0 spiro atoms. The average molecular weight is 440 g/mol. The molecular formula is C26H30ClNO3. The van der Waals surface area contributed by atoms with E-state index in [0.717, 1.165) is 40.5 Å². The maximum atomic E-state index is 5.37. The van der Waals surface area contributed by atoms with E-state index in [0.29, 0.717) is 0 Å². The lowest BCUT2D eigenvalue weighted by molar-refractivity contribution is 0.414. The summed E-state index contributed by atoms with van der Waals surface area (Å²) in [5.74, 6) is 2.52. The molecule has 3 aromatic carbocycles. The first-order valence-corrected chi connectivity index (χ1v) is 9.87. The van der Waals surface area contributed by atoms with Gasteiger partial charge in [-0.05, 0) is 78.3 Å². The van der Waals surface area contributed by atoms with E-state index in [9.17, 15) is 0 Å². The first-order valence-electron chi connectivity index (χ1n) is 9.87. The lowest BCUT2D eigenvalue weighted by Gasteiger charge is -2.21. The van der Waals surface area contributed by atoms with Gasteiger partial charge in [0, 0.05) is 6.54 Å². The predicted molar refractivity (Wildman–Crippen MR) is 131 cm³/mol. The minimum atomic E-state index is 0. The smallest absolute Gasteiger partial charge is 0.118 e. The highest BCUT2D eigenvalue weighted by molar-refractivity contribution is 5.99. The van der Waals surface area contributed by atoms with Crippen LogP contribution in [0, 0.1) is 0 Å². The molecule has 0 atom stereocenters. The third-order valence-electron chi connectivity index (χ3n) is 4.97. The van der Waals surface area contributed by atoms with Crippen molar-refractivity contribution < 1.29 is 14.2 Å². The van der Waals surface area contributed by atoms with Gasteiger partial charge in [-0.25, -0.2) is 0 Å². The topological polar surface area (TPSA) is 30.9 Å². The van der Waals surface area contributed by atoms with E-state index in [1.54, 1.807) is 21.3 Å². The third-order valence-corrected chi connectivity index (χ3v) is 4.97. The van der Waals surface area contributed by atoms with Crippen molar-refractivity contribution in [2.45, 2.75) is 0 Å². The van der Waals surface area contributed by atoms with Gasteiger partial charge in [0.2, 0.25) is 0 Å². The van der Waals surface area contributed by atoms with Crippen molar-refractivity contribution in [1.29, 1.82) is 0 Å². The Labute approximate surface area is 191 Å². The van der Waals surface area contributed by atoms with Gasteiger partial charge in [0.1, 0.15) is 17.2 Å². The maximum absolute atomic E-state index is 5.37. The largest absolute Gasteiger partial charge is 0.497 e. The number of nitrogens with zero attached hydrogens (tertiary/aromatic N) is 1. The van der Waals surface area contributed by atoms with Gasteiger partial charge in [0.25, 0.3) is 0 Å². The zero-order valence-electron chi connectivity index (χ0n) is 18.7. The highest BCUT2D eigenvalue weighted by atomic mass is 35.5. The van der Waals surface area contributed by atoms with E-state index in [-0.39, 0.29) is 12.4 Å². The number of methoxy groups -OCH3 is 3. The summed E-state index contributed by atoms with van der Waals surface area (Å²) < 4.78 is 16.1. The zero-order chi connectivity index (χ0) is 21.5. The van der Waals surface area contributed by atoms with E-state index >= 15 is 0 Å². The molecule has 0 saturated heterocycles. The van der Waals surface area contributed by atoms with Crippen LogP contribution in [0.5, 0.6) is 17.2 Å². The molecule has 0 unspecified atom stereocenters. The molecule has 0 radical (unpaired) electrons. The SMILES string of the molecule is COc1ccc(C(CN(C)C)=C(c2ccc(OC)cc2)c2ccc(OC)cc2)cc1.Cl. The molecule has 31 heavy (non-hydrogen) atoms. The quantitative estimate of drug-likeness (QED) is 0.424. The highest BCUT2D eigenvalue weighted by Gasteiger charge is 2.16.